The van der Waals surface area contributed by atoms with Crippen LogP contribution in [0.25, 0.3) is 6.08 Å². The molecule has 0 aliphatic rings. The Morgan fingerprint density at radius 3 is 2.24 bits per heavy atom. The first-order chi connectivity index (χ1) is 10.2. The second-order valence-corrected chi connectivity index (χ2v) is 5.05. The molecule has 2 nitrogen and oxygen atoms in total. The van der Waals surface area contributed by atoms with Gasteiger partial charge in [-0.1, -0.05) is 72.3 Å². The number of hydrogen-bond acceptors (Lipinski definition) is 2. The summed E-state index contributed by atoms with van der Waals surface area (Å²) in [6, 6.07) is 19.8. The van der Waals surface area contributed by atoms with Crippen molar-refractivity contribution >= 4 is 12.0 Å². The zero-order chi connectivity index (χ0) is 14.9. The first-order valence-corrected chi connectivity index (χ1v) is 7.16. The van der Waals surface area contributed by atoms with E-state index < -0.39 is 0 Å². The van der Waals surface area contributed by atoms with E-state index in [0.29, 0.717) is 13.0 Å². The van der Waals surface area contributed by atoms with Crippen molar-refractivity contribution in [3.63, 3.8) is 0 Å². The van der Waals surface area contributed by atoms with Crippen LogP contribution in [0, 0.1) is 0 Å². The number of esters is 1. The molecule has 21 heavy (non-hydrogen) atoms. The van der Waals surface area contributed by atoms with Crippen LogP contribution in [0.1, 0.15) is 30.9 Å². The molecule has 0 aliphatic carbocycles. The normalized spacial score (nSPS) is 11.2. The lowest BCUT2D eigenvalue weighted by molar-refractivity contribution is -0.144. The van der Waals surface area contributed by atoms with Crippen molar-refractivity contribution in [3.05, 3.63) is 77.4 Å². The Morgan fingerprint density at radius 2 is 1.57 bits per heavy atom. The maximum Gasteiger partial charge on any atom is 0.306 e. The van der Waals surface area contributed by atoms with Crippen LogP contribution in [0.3, 0.4) is 0 Å². The standard InChI is InChI=1S/C19H20O2/c1-16(14-17-8-4-2-5-9-17)12-13-19(20)21-15-18-10-6-3-7-11-18/h2-11,14H,12-13,15H2,1H3/b16-14-. The monoisotopic (exact) mass is 280 g/mol. The molecule has 2 aromatic rings. The molecule has 0 unspecified atom stereocenters. The maximum atomic E-state index is 11.7. The predicted molar refractivity (Wildman–Crippen MR) is 85.6 cm³/mol. The van der Waals surface area contributed by atoms with Crippen LogP contribution in [0.15, 0.2) is 66.2 Å². The van der Waals surface area contributed by atoms with Gasteiger partial charge in [-0.2, -0.15) is 0 Å². The quantitative estimate of drug-likeness (QED) is 0.722. The van der Waals surface area contributed by atoms with Crippen molar-refractivity contribution < 1.29 is 9.53 Å². The van der Waals surface area contributed by atoms with Gasteiger partial charge in [-0.25, -0.2) is 0 Å². The van der Waals surface area contributed by atoms with Crippen molar-refractivity contribution in [2.45, 2.75) is 26.4 Å². The van der Waals surface area contributed by atoms with E-state index in [1.807, 2.05) is 55.5 Å². The van der Waals surface area contributed by atoms with Crippen LogP contribution in [0.2, 0.25) is 0 Å². The number of ether oxygens (including phenoxy) is 1. The van der Waals surface area contributed by atoms with Gasteiger partial charge in [0.15, 0.2) is 0 Å². The van der Waals surface area contributed by atoms with Gasteiger partial charge in [0.25, 0.3) is 0 Å². The van der Waals surface area contributed by atoms with Gasteiger partial charge in [-0.05, 0) is 24.5 Å². The van der Waals surface area contributed by atoms with E-state index in [-0.39, 0.29) is 5.97 Å². The fraction of sp³-hybridized carbons (Fsp3) is 0.211. The number of carbonyl (C=O) groups is 1. The van der Waals surface area contributed by atoms with E-state index in [4.69, 9.17) is 4.74 Å². The summed E-state index contributed by atoms with van der Waals surface area (Å²) in [6.45, 7) is 2.39. The van der Waals surface area contributed by atoms with E-state index in [2.05, 4.69) is 18.2 Å². The van der Waals surface area contributed by atoms with Gasteiger partial charge < -0.3 is 4.74 Å². The van der Waals surface area contributed by atoms with Crippen molar-refractivity contribution in [2.75, 3.05) is 0 Å². The van der Waals surface area contributed by atoms with Crippen LogP contribution in [0.5, 0.6) is 0 Å². The number of allylic oxidation sites excluding steroid dienone is 1. The maximum absolute atomic E-state index is 11.7. The molecule has 0 radical (unpaired) electrons. The first-order valence-electron chi connectivity index (χ1n) is 7.16. The zero-order valence-corrected chi connectivity index (χ0v) is 12.3. The van der Waals surface area contributed by atoms with Crippen LogP contribution in [-0.4, -0.2) is 5.97 Å². The number of hydrogen-bond donors (Lipinski definition) is 0. The molecule has 0 heterocycles. The SMILES string of the molecule is C/C(=C/c1ccccc1)CCC(=O)OCc1ccccc1. The van der Waals surface area contributed by atoms with Gasteiger partial charge >= 0.3 is 5.97 Å². The molecule has 2 aromatic carbocycles. The Balaban J connectivity index is 1.75. The van der Waals surface area contributed by atoms with Gasteiger partial charge in [0, 0.05) is 6.42 Å². The Kier molecular flexibility index (Phi) is 5.77. The van der Waals surface area contributed by atoms with E-state index in [1.165, 1.54) is 5.57 Å². The summed E-state index contributed by atoms with van der Waals surface area (Å²) >= 11 is 0. The minimum absolute atomic E-state index is 0.153. The Morgan fingerprint density at radius 1 is 0.952 bits per heavy atom. The summed E-state index contributed by atoms with van der Waals surface area (Å²) < 4.78 is 5.26. The highest BCUT2D eigenvalue weighted by molar-refractivity contribution is 5.70. The fourth-order valence-electron chi connectivity index (χ4n) is 2.02. The van der Waals surface area contributed by atoms with Gasteiger partial charge in [0.1, 0.15) is 6.61 Å². The summed E-state index contributed by atoms with van der Waals surface area (Å²) in [5, 5.41) is 0. The van der Waals surface area contributed by atoms with Crippen molar-refractivity contribution in [1.82, 2.24) is 0 Å². The Labute approximate surface area is 126 Å². The lowest BCUT2D eigenvalue weighted by atomic mass is 10.1. The van der Waals surface area contributed by atoms with E-state index in [1.54, 1.807) is 0 Å². The second kappa shape index (κ2) is 8.05. The molecule has 0 spiro atoms. The van der Waals surface area contributed by atoms with E-state index >= 15 is 0 Å². The van der Waals surface area contributed by atoms with Crippen molar-refractivity contribution in [3.8, 4) is 0 Å². The molecule has 0 N–H and O–H groups in total. The summed E-state index contributed by atoms with van der Waals surface area (Å²) in [5.74, 6) is -0.153. The molecule has 2 heteroatoms. The molecule has 0 aromatic heterocycles. The van der Waals surface area contributed by atoms with Gasteiger partial charge in [0.2, 0.25) is 0 Å². The summed E-state index contributed by atoms with van der Waals surface area (Å²) in [5.41, 5.74) is 3.35. The fourth-order valence-corrected chi connectivity index (χ4v) is 2.02. The minimum atomic E-state index is -0.153. The highest BCUT2D eigenvalue weighted by Gasteiger charge is 2.04. The van der Waals surface area contributed by atoms with Crippen LogP contribution in [-0.2, 0) is 16.1 Å². The molecule has 2 rings (SSSR count). The third-order valence-electron chi connectivity index (χ3n) is 3.18. The van der Waals surface area contributed by atoms with E-state index in [9.17, 15) is 4.79 Å². The smallest absolute Gasteiger partial charge is 0.306 e. The average Bonchev–Trinajstić information content (AvgIpc) is 2.53. The highest BCUT2D eigenvalue weighted by Crippen LogP contribution is 2.12. The van der Waals surface area contributed by atoms with Crippen molar-refractivity contribution in [2.24, 2.45) is 0 Å². The van der Waals surface area contributed by atoms with Gasteiger partial charge in [-0.15, -0.1) is 0 Å². The van der Waals surface area contributed by atoms with Gasteiger partial charge in [-0.3, -0.25) is 4.79 Å². The topological polar surface area (TPSA) is 26.3 Å². The van der Waals surface area contributed by atoms with Crippen LogP contribution < -0.4 is 0 Å². The minimum Gasteiger partial charge on any atom is -0.461 e. The summed E-state index contributed by atoms with van der Waals surface area (Å²) in [6.07, 6.45) is 3.25. The third-order valence-corrected chi connectivity index (χ3v) is 3.18. The Hall–Kier alpha value is -2.35. The molecule has 0 aliphatic heterocycles. The number of carbonyl (C=O) groups excluding carboxylic acids is 1. The average molecular weight is 280 g/mol. The van der Waals surface area contributed by atoms with Gasteiger partial charge in [0.05, 0.1) is 0 Å². The van der Waals surface area contributed by atoms with Crippen LogP contribution in [0.4, 0.5) is 0 Å². The lowest BCUT2D eigenvalue weighted by Crippen LogP contribution is -2.04. The molecule has 0 amide bonds. The summed E-state index contributed by atoms with van der Waals surface area (Å²) in [7, 11) is 0. The largest absolute Gasteiger partial charge is 0.461 e. The summed E-state index contributed by atoms with van der Waals surface area (Å²) in [4.78, 5) is 11.7. The Bertz CT molecular complexity index is 585. The van der Waals surface area contributed by atoms with Crippen LogP contribution >= 0.6 is 0 Å². The lowest BCUT2D eigenvalue weighted by Gasteiger charge is -2.05. The molecule has 0 saturated carbocycles. The van der Waals surface area contributed by atoms with Crippen molar-refractivity contribution in [1.29, 1.82) is 0 Å². The van der Waals surface area contributed by atoms with E-state index in [0.717, 1.165) is 17.5 Å². The second-order valence-electron chi connectivity index (χ2n) is 5.05. The molecule has 0 bridgehead atoms. The molecule has 0 fully saturated rings. The molecule has 108 valence electrons. The molecule has 0 atom stereocenters. The molecular weight excluding hydrogens is 260 g/mol. The predicted octanol–water partition coefficient (Wildman–Crippen LogP) is 4.61. The zero-order valence-electron chi connectivity index (χ0n) is 12.3. The highest BCUT2D eigenvalue weighted by atomic mass is 16.5. The number of rotatable bonds is 6. The molecule has 0 saturated heterocycles. The number of benzene rings is 2. The third kappa shape index (κ3) is 5.65. The first kappa shape index (κ1) is 15.0. The molecular formula is C19H20O2.